The zero-order chi connectivity index (χ0) is 14.4. The van der Waals surface area contributed by atoms with Gasteiger partial charge in [0.25, 0.3) is 0 Å². The van der Waals surface area contributed by atoms with Crippen LogP contribution in [0.5, 0.6) is 0 Å². The van der Waals surface area contributed by atoms with Gasteiger partial charge in [-0.25, -0.2) is 9.97 Å². The molecule has 0 aliphatic heterocycles. The summed E-state index contributed by atoms with van der Waals surface area (Å²) in [6.07, 6.45) is 1.94. The Morgan fingerprint density at radius 3 is 2.45 bits per heavy atom. The number of aryl methyl sites for hydroxylation is 1. The molecule has 1 aromatic heterocycles. The fourth-order valence-electron chi connectivity index (χ4n) is 2.17. The first-order valence-corrected chi connectivity index (χ1v) is 7.16. The summed E-state index contributed by atoms with van der Waals surface area (Å²) in [6, 6.07) is 12.3. The van der Waals surface area contributed by atoms with Gasteiger partial charge in [-0.1, -0.05) is 25.1 Å². The van der Waals surface area contributed by atoms with Crippen LogP contribution in [0.25, 0.3) is 0 Å². The lowest BCUT2D eigenvalue weighted by Crippen LogP contribution is -2.18. The predicted molar refractivity (Wildman–Crippen MR) is 84.7 cm³/mol. The third-order valence-corrected chi connectivity index (χ3v) is 3.15. The maximum absolute atomic E-state index is 4.69. The Morgan fingerprint density at radius 1 is 1.10 bits per heavy atom. The Balaban J connectivity index is 2.40. The molecule has 1 heterocycles. The maximum Gasteiger partial charge on any atom is 0.138 e. The molecular formula is C16H22N4. The smallest absolute Gasteiger partial charge is 0.138 e. The summed E-state index contributed by atoms with van der Waals surface area (Å²) in [4.78, 5) is 11.4. The van der Waals surface area contributed by atoms with E-state index in [2.05, 4.69) is 41.2 Å². The fourth-order valence-corrected chi connectivity index (χ4v) is 2.17. The Morgan fingerprint density at radius 2 is 1.85 bits per heavy atom. The zero-order valence-electron chi connectivity index (χ0n) is 12.4. The molecule has 0 bridgehead atoms. The van der Waals surface area contributed by atoms with E-state index in [9.17, 15) is 0 Å². The summed E-state index contributed by atoms with van der Waals surface area (Å²) in [5.41, 5.74) is 1.15. The fraction of sp³-hybridized carbons (Fsp3) is 0.375. The molecule has 0 fully saturated rings. The number of nitrogens with one attached hydrogen (secondary N) is 1. The number of hydrogen-bond donors (Lipinski definition) is 1. The number of benzene rings is 1. The quantitative estimate of drug-likeness (QED) is 0.870. The Kier molecular flexibility index (Phi) is 4.93. The van der Waals surface area contributed by atoms with E-state index in [0.29, 0.717) is 0 Å². The van der Waals surface area contributed by atoms with Gasteiger partial charge in [-0.05, 0) is 25.5 Å². The second-order valence-electron chi connectivity index (χ2n) is 4.61. The molecule has 106 valence electrons. The number of anilines is 3. The van der Waals surface area contributed by atoms with Crippen LogP contribution >= 0.6 is 0 Å². The van der Waals surface area contributed by atoms with Crippen molar-refractivity contribution in [3.8, 4) is 0 Å². The number of aromatic nitrogens is 2. The van der Waals surface area contributed by atoms with Crippen LogP contribution in [0.15, 0.2) is 36.4 Å². The van der Waals surface area contributed by atoms with Crippen molar-refractivity contribution < 1.29 is 0 Å². The van der Waals surface area contributed by atoms with Gasteiger partial charge in [0.15, 0.2) is 0 Å². The minimum Gasteiger partial charge on any atom is -0.373 e. The highest BCUT2D eigenvalue weighted by Crippen LogP contribution is 2.25. The molecule has 1 aromatic carbocycles. The van der Waals surface area contributed by atoms with E-state index in [4.69, 9.17) is 4.98 Å². The highest BCUT2D eigenvalue weighted by atomic mass is 15.2. The second kappa shape index (κ2) is 6.89. The van der Waals surface area contributed by atoms with Crippen LogP contribution in [-0.4, -0.2) is 23.6 Å². The topological polar surface area (TPSA) is 41.1 Å². The van der Waals surface area contributed by atoms with Crippen molar-refractivity contribution >= 4 is 17.3 Å². The van der Waals surface area contributed by atoms with E-state index in [-0.39, 0.29) is 0 Å². The van der Waals surface area contributed by atoms with Gasteiger partial charge in [-0.3, -0.25) is 0 Å². The Hall–Kier alpha value is -2.10. The van der Waals surface area contributed by atoms with Crippen LogP contribution in [0.2, 0.25) is 0 Å². The van der Waals surface area contributed by atoms with Crippen LogP contribution in [0, 0.1) is 0 Å². The molecule has 0 atom stereocenters. The summed E-state index contributed by atoms with van der Waals surface area (Å²) in [7, 11) is 1.89. The Labute approximate surface area is 120 Å². The van der Waals surface area contributed by atoms with E-state index >= 15 is 0 Å². The molecule has 20 heavy (non-hydrogen) atoms. The van der Waals surface area contributed by atoms with Gasteiger partial charge in [0, 0.05) is 31.8 Å². The van der Waals surface area contributed by atoms with Crippen LogP contribution in [0.1, 0.15) is 26.1 Å². The van der Waals surface area contributed by atoms with Gasteiger partial charge in [0.2, 0.25) is 0 Å². The van der Waals surface area contributed by atoms with Gasteiger partial charge < -0.3 is 10.2 Å². The van der Waals surface area contributed by atoms with Crippen molar-refractivity contribution in [1.82, 2.24) is 9.97 Å². The van der Waals surface area contributed by atoms with E-state index < -0.39 is 0 Å². The first kappa shape index (κ1) is 14.3. The molecule has 0 saturated heterocycles. The van der Waals surface area contributed by atoms with Crippen molar-refractivity contribution in [2.45, 2.75) is 26.7 Å². The van der Waals surface area contributed by atoms with Crippen molar-refractivity contribution in [1.29, 1.82) is 0 Å². The molecule has 2 rings (SSSR count). The van der Waals surface area contributed by atoms with Gasteiger partial charge in [-0.2, -0.15) is 0 Å². The van der Waals surface area contributed by atoms with Crippen molar-refractivity contribution in [3.05, 3.63) is 42.2 Å². The van der Waals surface area contributed by atoms with E-state index in [1.54, 1.807) is 0 Å². The molecule has 2 aromatic rings. The normalized spacial score (nSPS) is 10.3. The van der Waals surface area contributed by atoms with Crippen molar-refractivity contribution in [3.63, 3.8) is 0 Å². The summed E-state index contributed by atoms with van der Waals surface area (Å²) >= 11 is 0. The molecule has 0 aliphatic carbocycles. The van der Waals surface area contributed by atoms with Crippen LogP contribution < -0.4 is 10.2 Å². The first-order chi connectivity index (χ1) is 9.78. The molecule has 0 spiro atoms. The molecule has 1 N–H and O–H groups in total. The zero-order valence-corrected chi connectivity index (χ0v) is 12.4. The number of nitrogens with zero attached hydrogens (tertiary/aromatic N) is 3. The first-order valence-electron chi connectivity index (χ1n) is 7.16. The van der Waals surface area contributed by atoms with Crippen molar-refractivity contribution in [2.24, 2.45) is 0 Å². The molecule has 0 aliphatic rings. The minimum absolute atomic E-state index is 0.868. The number of rotatable bonds is 6. The van der Waals surface area contributed by atoms with Gasteiger partial charge in [0.05, 0.1) is 0 Å². The lowest BCUT2D eigenvalue weighted by atomic mass is 10.2. The van der Waals surface area contributed by atoms with Gasteiger partial charge in [-0.15, -0.1) is 0 Å². The van der Waals surface area contributed by atoms with Crippen LogP contribution in [0.3, 0.4) is 0 Å². The average molecular weight is 270 g/mol. The summed E-state index contributed by atoms with van der Waals surface area (Å²) < 4.78 is 0. The van der Waals surface area contributed by atoms with Crippen LogP contribution in [-0.2, 0) is 6.42 Å². The van der Waals surface area contributed by atoms with Gasteiger partial charge in [0.1, 0.15) is 17.5 Å². The van der Waals surface area contributed by atoms with E-state index in [1.807, 2.05) is 31.3 Å². The standard InChI is InChI=1S/C16H22N4/c1-4-9-14-18-15(17-3)12-16(19-14)20(5-2)13-10-7-6-8-11-13/h6-8,10-12H,4-5,9H2,1-3H3,(H,17,18,19). The molecule has 0 saturated carbocycles. The number of para-hydroxylation sites is 1. The molecule has 0 unspecified atom stereocenters. The summed E-state index contributed by atoms with van der Waals surface area (Å²) in [5, 5.41) is 3.12. The number of hydrogen-bond acceptors (Lipinski definition) is 4. The molecule has 4 heteroatoms. The largest absolute Gasteiger partial charge is 0.373 e. The second-order valence-corrected chi connectivity index (χ2v) is 4.61. The highest BCUT2D eigenvalue weighted by Gasteiger charge is 2.11. The van der Waals surface area contributed by atoms with E-state index in [1.165, 1.54) is 0 Å². The third kappa shape index (κ3) is 3.26. The van der Waals surface area contributed by atoms with Gasteiger partial charge >= 0.3 is 0 Å². The summed E-state index contributed by atoms with van der Waals surface area (Å²) in [6.45, 7) is 5.15. The molecular weight excluding hydrogens is 248 g/mol. The molecule has 4 nitrogen and oxygen atoms in total. The SMILES string of the molecule is CCCc1nc(NC)cc(N(CC)c2ccccc2)n1. The lowest BCUT2D eigenvalue weighted by molar-refractivity contribution is 0.827. The summed E-state index contributed by atoms with van der Waals surface area (Å²) in [5.74, 6) is 2.71. The monoisotopic (exact) mass is 270 g/mol. The van der Waals surface area contributed by atoms with Crippen molar-refractivity contribution in [2.75, 3.05) is 23.8 Å². The van der Waals surface area contributed by atoms with E-state index in [0.717, 1.165) is 42.5 Å². The lowest BCUT2D eigenvalue weighted by Gasteiger charge is -2.23. The predicted octanol–water partition coefficient (Wildman–Crippen LogP) is 3.63. The Bertz CT molecular complexity index is 539. The maximum atomic E-state index is 4.69. The molecule has 0 amide bonds. The third-order valence-electron chi connectivity index (χ3n) is 3.15. The minimum atomic E-state index is 0.868. The highest BCUT2D eigenvalue weighted by molar-refractivity contribution is 5.62. The van der Waals surface area contributed by atoms with Crippen LogP contribution in [0.4, 0.5) is 17.3 Å². The molecule has 0 radical (unpaired) electrons. The average Bonchev–Trinajstić information content (AvgIpc) is 2.49.